The Balaban J connectivity index is 2.03. The zero-order valence-corrected chi connectivity index (χ0v) is 12.6. The standard InChI is InChI=1S/C15H18N4OS/c1-18-8-4-6-12(18)14-13(11-5-2-3-7-16-11)17-15(21)19(14)9-10-20/h2-8,13-14,20H,9-10H2,1H3,(H,17,21). The Morgan fingerprint density at radius 2 is 2.19 bits per heavy atom. The van der Waals surface area contributed by atoms with E-state index in [1.54, 1.807) is 6.20 Å². The first-order chi connectivity index (χ1) is 10.2. The molecule has 110 valence electrons. The van der Waals surface area contributed by atoms with Crippen LogP contribution in [0.5, 0.6) is 0 Å². The monoisotopic (exact) mass is 302 g/mol. The van der Waals surface area contributed by atoms with Crippen molar-refractivity contribution in [3.05, 3.63) is 54.1 Å². The maximum Gasteiger partial charge on any atom is 0.170 e. The van der Waals surface area contributed by atoms with Gasteiger partial charge < -0.3 is 19.9 Å². The van der Waals surface area contributed by atoms with Crippen LogP contribution >= 0.6 is 12.2 Å². The molecular formula is C15H18N4OS. The molecular weight excluding hydrogens is 284 g/mol. The number of thiocarbonyl (C=S) groups is 1. The zero-order valence-electron chi connectivity index (χ0n) is 11.8. The second-order valence-electron chi connectivity index (χ2n) is 5.09. The molecule has 21 heavy (non-hydrogen) atoms. The number of aliphatic hydroxyl groups excluding tert-OH is 1. The number of aromatic nitrogens is 2. The van der Waals surface area contributed by atoms with E-state index in [2.05, 4.69) is 20.9 Å². The van der Waals surface area contributed by atoms with Gasteiger partial charge in [-0.2, -0.15) is 0 Å². The minimum absolute atomic E-state index is 0.0150. The molecule has 3 rings (SSSR count). The lowest BCUT2D eigenvalue weighted by molar-refractivity contribution is 0.219. The molecule has 0 spiro atoms. The predicted molar refractivity (Wildman–Crippen MR) is 84.7 cm³/mol. The molecule has 1 fully saturated rings. The number of pyridine rings is 1. The smallest absolute Gasteiger partial charge is 0.170 e. The van der Waals surface area contributed by atoms with Gasteiger partial charge >= 0.3 is 0 Å². The summed E-state index contributed by atoms with van der Waals surface area (Å²) in [5, 5.41) is 13.3. The minimum atomic E-state index is -0.0150. The number of β-amino-alcohol motifs (C(OH)–C–C–N with tert-alkyl or cyclic N) is 1. The number of nitrogens with one attached hydrogen (secondary N) is 1. The van der Waals surface area contributed by atoms with Gasteiger partial charge in [0.1, 0.15) is 0 Å². The van der Waals surface area contributed by atoms with Crippen LogP contribution in [0.1, 0.15) is 23.5 Å². The Bertz CT molecular complexity index is 628. The molecule has 5 nitrogen and oxygen atoms in total. The van der Waals surface area contributed by atoms with Crippen molar-refractivity contribution in [1.29, 1.82) is 0 Å². The fraction of sp³-hybridized carbons (Fsp3) is 0.333. The van der Waals surface area contributed by atoms with E-state index in [9.17, 15) is 5.11 Å². The van der Waals surface area contributed by atoms with E-state index in [0.29, 0.717) is 11.7 Å². The van der Waals surface area contributed by atoms with E-state index in [1.165, 1.54) is 0 Å². The summed E-state index contributed by atoms with van der Waals surface area (Å²) in [6.45, 7) is 0.572. The molecule has 0 aliphatic carbocycles. The first-order valence-electron chi connectivity index (χ1n) is 6.92. The first kappa shape index (κ1) is 14.0. The molecule has 1 aliphatic heterocycles. The Kier molecular flexibility index (Phi) is 3.90. The molecule has 0 aromatic carbocycles. The van der Waals surface area contributed by atoms with Crippen LogP contribution < -0.4 is 5.32 Å². The van der Waals surface area contributed by atoms with Crippen molar-refractivity contribution in [3.63, 3.8) is 0 Å². The number of aliphatic hydroxyl groups is 1. The molecule has 0 saturated carbocycles. The largest absolute Gasteiger partial charge is 0.395 e. The topological polar surface area (TPSA) is 53.3 Å². The van der Waals surface area contributed by atoms with Gasteiger partial charge in [-0.3, -0.25) is 4.98 Å². The van der Waals surface area contributed by atoms with Crippen LogP contribution in [-0.4, -0.2) is 37.8 Å². The molecule has 3 heterocycles. The molecule has 1 aliphatic rings. The van der Waals surface area contributed by atoms with Crippen molar-refractivity contribution in [2.45, 2.75) is 12.1 Å². The van der Waals surface area contributed by atoms with Gasteiger partial charge in [-0.25, -0.2) is 0 Å². The average molecular weight is 302 g/mol. The zero-order chi connectivity index (χ0) is 14.8. The van der Waals surface area contributed by atoms with Gasteiger partial charge in [-0.15, -0.1) is 0 Å². The van der Waals surface area contributed by atoms with Gasteiger partial charge in [-0.05, 0) is 36.5 Å². The fourth-order valence-corrected chi connectivity index (χ4v) is 3.19. The second kappa shape index (κ2) is 5.83. The highest BCUT2D eigenvalue weighted by Crippen LogP contribution is 2.37. The van der Waals surface area contributed by atoms with Crippen molar-refractivity contribution in [2.24, 2.45) is 7.05 Å². The van der Waals surface area contributed by atoms with E-state index in [0.717, 1.165) is 11.4 Å². The molecule has 0 radical (unpaired) electrons. The van der Waals surface area contributed by atoms with Gasteiger partial charge in [0.15, 0.2) is 5.11 Å². The number of nitrogens with zero attached hydrogens (tertiary/aromatic N) is 3. The summed E-state index contributed by atoms with van der Waals surface area (Å²) in [5.74, 6) is 0. The quantitative estimate of drug-likeness (QED) is 0.836. The molecule has 2 unspecified atom stereocenters. The molecule has 2 atom stereocenters. The molecule has 2 aromatic rings. The summed E-state index contributed by atoms with van der Waals surface area (Å²) in [4.78, 5) is 6.49. The molecule has 2 aromatic heterocycles. The molecule has 2 N–H and O–H groups in total. The number of rotatable bonds is 4. The van der Waals surface area contributed by atoms with Crippen molar-refractivity contribution in [1.82, 2.24) is 19.8 Å². The molecule has 1 saturated heterocycles. The Labute approximate surface area is 129 Å². The lowest BCUT2D eigenvalue weighted by atomic mass is 10.0. The molecule has 6 heteroatoms. The third kappa shape index (κ3) is 2.52. The maximum absolute atomic E-state index is 9.33. The summed E-state index contributed by atoms with van der Waals surface area (Å²) in [5.41, 5.74) is 2.10. The van der Waals surface area contributed by atoms with Crippen molar-refractivity contribution in [2.75, 3.05) is 13.2 Å². The van der Waals surface area contributed by atoms with Crippen LogP contribution in [0.25, 0.3) is 0 Å². The van der Waals surface area contributed by atoms with Gasteiger partial charge in [-0.1, -0.05) is 6.07 Å². The first-order valence-corrected chi connectivity index (χ1v) is 7.33. The lowest BCUT2D eigenvalue weighted by Crippen LogP contribution is -2.32. The van der Waals surface area contributed by atoms with Gasteiger partial charge in [0.2, 0.25) is 0 Å². The van der Waals surface area contributed by atoms with Gasteiger partial charge in [0.25, 0.3) is 0 Å². The van der Waals surface area contributed by atoms with Crippen LogP contribution in [0.3, 0.4) is 0 Å². The van der Waals surface area contributed by atoms with E-state index >= 15 is 0 Å². The van der Waals surface area contributed by atoms with Crippen LogP contribution in [0.15, 0.2) is 42.7 Å². The number of hydrogen-bond donors (Lipinski definition) is 2. The highest BCUT2D eigenvalue weighted by molar-refractivity contribution is 7.80. The highest BCUT2D eigenvalue weighted by atomic mass is 32.1. The van der Waals surface area contributed by atoms with Crippen LogP contribution in [0.2, 0.25) is 0 Å². The Morgan fingerprint density at radius 3 is 2.81 bits per heavy atom. The lowest BCUT2D eigenvalue weighted by Gasteiger charge is -2.27. The third-order valence-corrected chi connectivity index (χ3v) is 4.18. The molecule has 0 amide bonds. The highest BCUT2D eigenvalue weighted by Gasteiger charge is 2.40. The van der Waals surface area contributed by atoms with E-state index in [1.807, 2.05) is 42.4 Å². The van der Waals surface area contributed by atoms with Crippen molar-refractivity contribution in [3.8, 4) is 0 Å². The summed E-state index contributed by atoms with van der Waals surface area (Å²) in [6.07, 6.45) is 3.81. The van der Waals surface area contributed by atoms with E-state index < -0.39 is 0 Å². The summed E-state index contributed by atoms with van der Waals surface area (Å²) < 4.78 is 2.08. The van der Waals surface area contributed by atoms with Gasteiger partial charge in [0.05, 0.1) is 24.4 Å². The van der Waals surface area contributed by atoms with Crippen molar-refractivity contribution < 1.29 is 5.11 Å². The predicted octanol–water partition coefficient (Wildman–Crippen LogP) is 1.38. The fourth-order valence-electron chi connectivity index (χ4n) is 2.86. The van der Waals surface area contributed by atoms with E-state index in [-0.39, 0.29) is 18.7 Å². The SMILES string of the molecule is Cn1cccc1C1C(c2ccccn2)NC(=S)N1CCO. The second-order valence-corrected chi connectivity index (χ2v) is 5.47. The third-order valence-electron chi connectivity index (χ3n) is 3.83. The number of aryl methyl sites for hydroxylation is 1. The summed E-state index contributed by atoms with van der Waals surface area (Å²) in [7, 11) is 2.02. The molecule has 0 bridgehead atoms. The van der Waals surface area contributed by atoms with Gasteiger partial charge in [0, 0.05) is 31.7 Å². The Morgan fingerprint density at radius 1 is 1.33 bits per heavy atom. The van der Waals surface area contributed by atoms with E-state index in [4.69, 9.17) is 12.2 Å². The maximum atomic E-state index is 9.33. The van der Waals surface area contributed by atoms with Crippen LogP contribution in [0, 0.1) is 0 Å². The Hall–Kier alpha value is -1.92. The minimum Gasteiger partial charge on any atom is -0.395 e. The normalized spacial score (nSPS) is 21.6. The average Bonchev–Trinajstić information content (AvgIpc) is 3.05. The van der Waals surface area contributed by atoms with Crippen molar-refractivity contribution >= 4 is 17.3 Å². The summed E-state index contributed by atoms with van der Waals surface area (Å²) in [6, 6.07) is 9.99. The van der Waals surface area contributed by atoms with Crippen LogP contribution in [-0.2, 0) is 7.05 Å². The number of hydrogen-bond acceptors (Lipinski definition) is 3. The summed E-state index contributed by atoms with van der Waals surface area (Å²) >= 11 is 5.44. The van der Waals surface area contributed by atoms with Crippen LogP contribution in [0.4, 0.5) is 0 Å².